The summed E-state index contributed by atoms with van der Waals surface area (Å²) >= 11 is 0. The van der Waals surface area contributed by atoms with E-state index in [0.29, 0.717) is 5.69 Å². The highest BCUT2D eigenvalue weighted by Gasteiger charge is 2.23. The highest BCUT2D eigenvalue weighted by Crippen LogP contribution is 2.25. The summed E-state index contributed by atoms with van der Waals surface area (Å²) in [5, 5.41) is 0. The number of nitrogen functional groups attached to an aromatic ring is 1. The second-order valence-corrected chi connectivity index (χ2v) is 3.71. The molecule has 0 aliphatic carbocycles. The topological polar surface area (TPSA) is 86.2 Å². The molecule has 1 aromatic heterocycles. The van der Waals surface area contributed by atoms with E-state index >= 15 is 0 Å². The van der Waals surface area contributed by atoms with Crippen LogP contribution in [0.25, 0.3) is 0 Å². The number of nitrogens with zero attached hydrogens (tertiary/aromatic N) is 1. The number of ether oxygens (including phenoxy) is 1. The van der Waals surface area contributed by atoms with Gasteiger partial charge in [-0.05, 0) is 12.5 Å². The number of hydrazine groups is 1. The number of aromatic nitrogens is 1. The molecule has 0 aliphatic heterocycles. The van der Waals surface area contributed by atoms with Gasteiger partial charge in [0.2, 0.25) is 0 Å². The molecular formula is C11H20N4O. The molecule has 1 rings (SSSR count). The van der Waals surface area contributed by atoms with Crippen LogP contribution >= 0.6 is 0 Å². The van der Waals surface area contributed by atoms with Crippen LogP contribution in [0.4, 0.5) is 5.69 Å². The summed E-state index contributed by atoms with van der Waals surface area (Å²) in [4.78, 5) is 4.06. The Kier molecular flexibility index (Phi) is 5.18. The lowest BCUT2D eigenvalue weighted by Gasteiger charge is -2.26. The fourth-order valence-corrected chi connectivity index (χ4v) is 1.78. The van der Waals surface area contributed by atoms with Gasteiger partial charge >= 0.3 is 0 Å². The van der Waals surface area contributed by atoms with Crippen LogP contribution in [0.15, 0.2) is 18.5 Å². The Morgan fingerprint density at radius 2 is 2.31 bits per heavy atom. The standard InChI is InChI=1S/C11H20N4O/c1-3-4-10(16-2)11(15-13)8-7-14-6-5-9(8)12/h5-7,10-11,15H,3-4,13H2,1-2H3,(H2,12,14). The first-order chi connectivity index (χ1) is 7.74. The minimum Gasteiger partial charge on any atom is -0.398 e. The molecule has 1 aromatic rings. The third kappa shape index (κ3) is 2.91. The smallest absolute Gasteiger partial charge is 0.0780 e. The van der Waals surface area contributed by atoms with Gasteiger partial charge in [-0.2, -0.15) is 0 Å². The van der Waals surface area contributed by atoms with E-state index < -0.39 is 0 Å². The number of anilines is 1. The second kappa shape index (κ2) is 6.42. The van der Waals surface area contributed by atoms with E-state index in [4.69, 9.17) is 16.3 Å². The van der Waals surface area contributed by atoms with Crippen molar-refractivity contribution in [1.29, 1.82) is 0 Å². The highest BCUT2D eigenvalue weighted by atomic mass is 16.5. The minimum atomic E-state index is -0.126. The maximum Gasteiger partial charge on any atom is 0.0780 e. The Morgan fingerprint density at radius 3 is 2.81 bits per heavy atom. The molecule has 0 saturated carbocycles. The molecule has 16 heavy (non-hydrogen) atoms. The van der Waals surface area contributed by atoms with Crippen molar-refractivity contribution >= 4 is 5.69 Å². The Morgan fingerprint density at radius 1 is 1.56 bits per heavy atom. The third-order valence-corrected chi connectivity index (χ3v) is 2.65. The lowest BCUT2D eigenvalue weighted by molar-refractivity contribution is 0.0607. The first-order valence-corrected chi connectivity index (χ1v) is 5.42. The van der Waals surface area contributed by atoms with Crippen LogP contribution in [0, 0.1) is 0 Å². The van der Waals surface area contributed by atoms with Crippen LogP contribution in [-0.2, 0) is 4.74 Å². The van der Waals surface area contributed by atoms with E-state index in [2.05, 4.69) is 17.3 Å². The zero-order valence-electron chi connectivity index (χ0n) is 9.81. The summed E-state index contributed by atoms with van der Waals surface area (Å²) in [6, 6.07) is 1.64. The molecule has 0 aromatic carbocycles. The molecule has 1 heterocycles. The predicted molar refractivity (Wildman–Crippen MR) is 64.4 cm³/mol. The number of methoxy groups -OCH3 is 1. The van der Waals surface area contributed by atoms with Gasteiger partial charge in [-0.15, -0.1) is 0 Å². The quantitative estimate of drug-likeness (QED) is 0.495. The number of hydrogen-bond acceptors (Lipinski definition) is 5. The molecule has 2 unspecified atom stereocenters. The summed E-state index contributed by atoms with van der Waals surface area (Å²) in [5.41, 5.74) is 10.2. The van der Waals surface area contributed by atoms with E-state index in [9.17, 15) is 0 Å². The second-order valence-electron chi connectivity index (χ2n) is 3.71. The largest absolute Gasteiger partial charge is 0.398 e. The molecule has 0 saturated heterocycles. The van der Waals surface area contributed by atoms with Crippen LogP contribution in [0.5, 0.6) is 0 Å². The molecule has 0 aliphatic rings. The van der Waals surface area contributed by atoms with Crippen molar-refractivity contribution in [2.75, 3.05) is 12.8 Å². The molecular weight excluding hydrogens is 204 g/mol. The average molecular weight is 224 g/mol. The Labute approximate surface area is 96.2 Å². The van der Waals surface area contributed by atoms with E-state index in [-0.39, 0.29) is 12.1 Å². The number of nitrogens with one attached hydrogen (secondary N) is 1. The molecule has 0 fully saturated rings. The van der Waals surface area contributed by atoms with E-state index in [1.165, 1.54) is 0 Å². The third-order valence-electron chi connectivity index (χ3n) is 2.65. The SMILES string of the molecule is CCCC(OC)C(NN)c1cnccc1N. The molecule has 5 N–H and O–H groups in total. The zero-order valence-corrected chi connectivity index (χ0v) is 9.81. The van der Waals surface area contributed by atoms with Crippen molar-refractivity contribution in [3.8, 4) is 0 Å². The van der Waals surface area contributed by atoms with Crippen LogP contribution < -0.4 is 17.0 Å². The van der Waals surface area contributed by atoms with Gasteiger partial charge in [0, 0.05) is 30.8 Å². The number of hydrogen-bond donors (Lipinski definition) is 3. The lowest BCUT2D eigenvalue weighted by atomic mass is 9.99. The van der Waals surface area contributed by atoms with Gasteiger partial charge in [0.25, 0.3) is 0 Å². The fourth-order valence-electron chi connectivity index (χ4n) is 1.78. The number of rotatable bonds is 6. The number of nitrogens with two attached hydrogens (primary N) is 2. The van der Waals surface area contributed by atoms with E-state index in [0.717, 1.165) is 18.4 Å². The lowest BCUT2D eigenvalue weighted by Crippen LogP contribution is -2.38. The maximum absolute atomic E-state index is 5.89. The van der Waals surface area contributed by atoms with Gasteiger partial charge in [-0.3, -0.25) is 16.3 Å². The highest BCUT2D eigenvalue weighted by molar-refractivity contribution is 5.46. The predicted octanol–water partition coefficient (Wildman–Crippen LogP) is 0.983. The molecule has 0 amide bonds. The molecule has 0 spiro atoms. The zero-order chi connectivity index (χ0) is 12.0. The van der Waals surface area contributed by atoms with Crippen molar-refractivity contribution in [3.63, 3.8) is 0 Å². The Bertz CT molecular complexity index is 319. The van der Waals surface area contributed by atoms with Gasteiger partial charge in [0.15, 0.2) is 0 Å². The van der Waals surface area contributed by atoms with Crippen LogP contribution in [0.3, 0.4) is 0 Å². The first kappa shape index (κ1) is 12.9. The fraction of sp³-hybridized carbons (Fsp3) is 0.545. The van der Waals surface area contributed by atoms with Crippen molar-refractivity contribution in [3.05, 3.63) is 24.0 Å². The molecule has 5 heteroatoms. The van der Waals surface area contributed by atoms with Crippen LogP contribution in [-0.4, -0.2) is 18.2 Å². The summed E-state index contributed by atoms with van der Waals surface area (Å²) < 4.78 is 5.43. The van der Waals surface area contributed by atoms with Gasteiger partial charge in [-0.1, -0.05) is 13.3 Å². The average Bonchev–Trinajstić information content (AvgIpc) is 2.31. The van der Waals surface area contributed by atoms with Crippen LogP contribution in [0.2, 0.25) is 0 Å². The maximum atomic E-state index is 5.89. The van der Waals surface area contributed by atoms with Crippen molar-refractivity contribution in [2.45, 2.75) is 31.9 Å². The summed E-state index contributed by atoms with van der Waals surface area (Å²) in [5.74, 6) is 5.57. The van der Waals surface area contributed by atoms with E-state index in [1.54, 1.807) is 25.6 Å². The van der Waals surface area contributed by atoms with Gasteiger partial charge < -0.3 is 10.5 Å². The number of pyridine rings is 1. The molecule has 0 bridgehead atoms. The van der Waals surface area contributed by atoms with Crippen molar-refractivity contribution in [2.24, 2.45) is 5.84 Å². The molecule has 0 radical (unpaired) electrons. The van der Waals surface area contributed by atoms with Crippen molar-refractivity contribution in [1.82, 2.24) is 10.4 Å². The normalized spacial score (nSPS) is 14.7. The summed E-state index contributed by atoms with van der Waals surface area (Å²) in [6.07, 6.45) is 5.33. The Hall–Kier alpha value is -1.17. The summed E-state index contributed by atoms with van der Waals surface area (Å²) in [6.45, 7) is 2.10. The minimum absolute atomic E-state index is 0.00139. The monoisotopic (exact) mass is 224 g/mol. The van der Waals surface area contributed by atoms with Gasteiger partial charge in [0.05, 0.1) is 12.1 Å². The van der Waals surface area contributed by atoms with Crippen molar-refractivity contribution < 1.29 is 4.74 Å². The van der Waals surface area contributed by atoms with E-state index in [1.807, 2.05) is 0 Å². The Balaban J connectivity index is 2.92. The molecule has 2 atom stereocenters. The molecule has 90 valence electrons. The van der Waals surface area contributed by atoms with Gasteiger partial charge in [0.1, 0.15) is 0 Å². The molecule has 5 nitrogen and oxygen atoms in total. The summed E-state index contributed by atoms with van der Waals surface area (Å²) in [7, 11) is 1.68. The van der Waals surface area contributed by atoms with Gasteiger partial charge in [-0.25, -0.2) is 0 Å². The first-order valence-electron chi connectivity index (χ1n) is 5.42. The van der Waals surface area contributed by atoms with Crippen LogP contribution in [0.1, 0.15) is 31.4 Å².